The molecule has 0 unspecified atom stereocenters. The van der Waals surface area contributed by atoms with Gasteiger partial charge in [-0.05, 0) is 6.42 Å². The van der Waals surface area contributed by atoms with Gasteiger partial charge >= 0.3 is 21.6 Å². The van der Waals surface area contributed by atoms with Crippen LogP contribution in [0, 0.1) is 5.92 Å². The number of aromatic nitrogens is 2. The second kappa shape index (κ2) is 14.2. The van der Waals surface area contributed by atoms with Crippen molar-refractivity contribution in [2.45, 2.75) is 36.4 Å². The van der Waals surface area contributed by atoms with E-state index in [-0.39, 0.29) is 23.1 Å². The molecule has 1 amide bonds. The number of nitrogen functional groups attached to an aromatic ring is 1. The van der Waals surface area contributed by atoms with E-state index in [0.29, 0.717) is 16.7 Å². The van der Waals surface area contributed by atoms with Crippen LogP contribution in [0.5, 0.6) is 0 Å². The summed E-state index contributed by atoms with van der Waals surface area (Å²) in [5, 5.41) is 4.39. The van der Waals surface area contributed by atoms with Gasteiger partial charge < -0.3 is 19.5 Å². The van der Waals surface area contributed by atoms with Crippen molar-refractivity contribution in [3.05, 3.63) is 125 Å². The molecule has 6 rings (SSSR count). The molecule has 4 aromatic rings. The molecule has 1 fully saturated rings. The molecule has 2 N–H and O–H groups in total. The van der Waals surface area contributed by atoms with E-state index in [1.54, 1.807) is 0 Å². The first-order chi connectivity index (χ1) is 24.8. The molecule has 1 aromatic heterocycles. The fourth-order valence-electron chi connectivity index (χ4n) is 6.17. The van der Waals surface area contributed by atoms with E-state index < -0.39 is 75.1 Å². The number of rotatable bonds is 12. The number of hydrogen-bond donors (Lipinski definition) is 1. The lowest BCUT2D eigenvalue weighted by Crippen LogP contribution is -2.63. The van der Waals surface area contributed by atoms with Crippen LogP contribution in [-0.4, -0.2) is 64.7 Å². The van der Waals surface area contributed by atoms with E-state index in [0.717, 1.165) is 23.5 Å². The van der Waals surface area contributed by atoms with Gasteiger partial charge in [0.2, 0.25) is 17.3 Å². The highest BCUT2D eigenvalue weighted by Gasteiger charge is 2.56. The number of carbonyl (C=O) groups excluding carboxylic acids is 3. The molecule has 2 aliphatic heterocycles. The third-order valence-corrected chi connectivity index (χ3v) is 10.1. The lowest BCUT2D eigenvalue weighted by atomic mass is 9.77. The third-order valence-electron chi connectivity index (χ3n) is 8.53. The molecule has 3 heterocycles. The molecule has 2 atom stereocenters. The van der Waals surface area contributed by atoms with Crippen molar-refractivity contribution in [3.63, 3.8) is 0 Å². The Labute approximate surface area is 298 Å². The van der Waals surface area contributed by atoms with Crippen molar-refractivity contribution in [1.29, 1.82) is 0 Å². The number of anilines is 1. The molecule has 13 nitrogen and oxygen atoms in total. The topological polar surface area (TPSA) is 180 Å². The first-order valence-electron chi connectivity index (χ1n) is 15.5. The molecule has 0 radical (unpaired) electrons. The van der Waals surface area contributed by atoms with Crippen LogP contribution in [-0.2, 0) is 43.9 Å². The van der Waals surface area contributed by atoms with Crippen LogP contribution in [0.15, 0.2) is 108 Å². The molecule has 270 valence electrons. The number of benzene rings is 3. The number of ketones is 1. The standard InChI is InChI=1S/C34H28F3N5O8S2/c1-48-31(45)28-26(49-52(46,47)34(35,36)37)18-17-24-23(30(44)42(24)28)19-25(43)27(29-39-32(38)51-41-29)40-50-33(20-11-5-2-6-12-20,21-13-7-3-8-14-21)22-15-9-4-10-16-22/h2-16,23-24H,17-19H2,1H3,(H2,38,39,41)/b40-27-/t23-,24+/m0/s1. The molecule has 0 saturated carbocycles. The van der Waals surface area contributed by atoms with Crippen LogP contribution < -0.4 is 5.73 Å². The van der Waals surface area contributed by atoms with Crippen LogP contribution in [0.1, 0.15) is 41.8 Å². The van der Waals surface area contributed by atoms with Gasteiger partial charge in [-0.2, -0.15) is 30.9 Å². The number of esters is 1. The number of carbonyl (C=O) groups is 3. The second-order valence-corrected chi connectivity index (χ2v) is 13.9. The van der Waals surface area contributed by atoms with E-state index >= 15 is 0 Å². The third kappa shape index (κ3) is 6.61. The molecule has 3 aromatic carbocycles. The maximum absolute atomic E-state index is 14.1. The number of ether oxygens (including phenoxy) is 1. The van der Waals surface area contributed by atoms with E-state index in [1.165, 1.54) is 0 Å². The number of nitrogens with zero attached hydrogens (tertiary/aromatic N) is 4. The Morgan fingerprint density at radius 3 is 1.96 bits per heavy atom. The number of nitrogens with two attached hydrogens (primary N) is 1. The van der Waals surface area contributed by atoms with Gasteiger partial charge in [0.05, 0.1) is 13.0 Å². The van der Waals surface area contributed by atoms with Crippen LogP contribution >= 0.6 is 11.5 Å². The van der Waals surface area contributed by atoms with Crippen molar-refractivity contribution in [2.24, 2.45) is 11.1 Å². The summed E-state index contributed by atoms with van der Waals surface area (Å²) in [5.74, 6) is -5.09. The molecule has 2 aliphatic rings. The van der Waals surface area contributed by atoms with Crippen molar-refractivity contribution in [1.82, 2.24) is 14.3 Å². The molecule has 0 aliphatic carbocycles. The van der Waals surface area contributed by atoms with Gasteiger partial charge in [0.25, 0.3) is 0 Å². The summed E-state index contributed by atoms with van der Waals surface area (Å²) in [4.78, 5) is 51.6. The zero-order valence-electron chi connectivity index (χ0n) is 27.0. The Hall–Kier alpha value is -5.62. The Morgan fingerprint density at radius 1 is 0.962 bits per heavy atom. The SMILES string of the molecule is COC(=O)C1=C(OS(=O)(=O)C(F)(F)F)CC[C@@H]2[C@H](CC(=O)/C(=N/OC(c3ccccc3)(c3ccccc3)c3ccccc3)c3nsc(N)n3)C(=O)N12. The molecule has 52 heavy (non-hydrogen) atoms. The van der Waals surface area contributed by atoms with Gasteiger partial charge in [0, 0.05) is 47.1 Å². The second-order valence-electron chi connectivity index (χ2n) is 11.6. The quantitative estimate of drug-likeness (QED) is 0.0404. The number of β-lactam (4-membered cyclic amide) rings is 1. The van der Waals surface area contributed by atoms with Crippen LogP contribution in [0.4, 0.5) is 18.3 Å². The zero-order valence-corrected chi connectivity index (χ0v) is 28.7. The summed E-state index contributed by atoms with van der Waals surface area (Å²) in [6, 6.07) is 26.6. The summed E-state index contributed by atoms with van der Waals surface area (Å²) in [5.41, 5.74) is -0.527. The first kappa shape index (κ1) is 36.2. The van der Waals surface area contributed by atoms with Gasteiger partial charge in [-0.15, -0.1) is 0 Å². The predicted molar refractivity (Wildman–Crippen MR) is 179 cm³/mol. The number of oxime groups is 1. The molecular weight excluding hydrogens is 728 g/mol. The number of allylic oxidation sites excluding steroid dienone is 1. The normalized spacial score (nSPS) is 18.0. The summed E-state index contributed by atoms with van der Waals surface area (Å²) in [6.07, 6.45) is -1.14. The summed E-state index contributed by atoms with van der Waals surface area (Å²) in [7, 11) is -5.27. The maximum atomic E-state index is 14.1. The Bertz CT molecular complexity index is 2070. The van der Waals surface area contributed by atoms with E-state index in [9.17, 15) is 36.0 Å². The summed E-state index contributed by atoms with van der Waals surface area (Å²) < 4.78 is 75.9. The monoisotopic (exact) mass is 755 g/mol. The number of halogens is 3. The lowest BCUT2D eigenvalue weighted by Gasteiger charge is -2.49. The highest BCUT2D eigenvalue weighted by molar-refractivity contribution is 7.87. The number of amides is 1. The highest BCUT2D eigenvalue weighted by Crippen LogP contribution is 2.44. The van der Waals surface area contributed by atoms with E-state index in [1.807, 2.05) is 91.0 Å². The Morgan fingerprint density at radius 2 is 1.50 bits per heavy atom. The highest BCUT2D eigenvalue weighted by atomic mass is 32.2. The van der Waals surface area contributed by atoms with Gasteiger partial charge in [-0.1, -0.05) is 96.2 Å². The number of fused-ring (bicyclic) bond motifs is 1. The van der Waals surface area contributed by atoms with Crippen molar-refractivity contribution < 1.29 is 49.7 Å². The fourth-order valence-corrected chi connectivity index (χ4v) is 7.13. The number of alkyl halides is 3. The van der Waals surface area contributed by atoms with Crippen molar-refractivity contribution in [3.8, 4) is 0 Å². The zero-order chi connectivity index (χ0) is 37.3. The summed E-state index contributed by atoms with van der Waals surface area (Å²) in [6.45, 7) is 0. The number of methoxy groups -OCH3 is 1. The minimum Gasteiger partial charge on any atom is -0.464 e. The largest absolute Gasteiger partial charge is 0.534 e. The van der Waals surface area contributed by atoms with Crippen LogP contribution in [0.2, 0.25) is 0 Å². The van der Waals surface area contributed by atoms with Crippen LogP contribution in [0.3, 0.4) is 0 Å². The molecule has 0 bridgehead atoms. The first-order valence-corrected chi connectivity index (χ1v) is 17.7. The average Bonchev–Trinajstić information content (AvgIpc) is 3.57. The fraction of sp³-hybridized carbons (Fsp3) is 0.235. The number of hydrogen-bond acceptors (Lipinski definition) is 13. The maximum Gasteiger partial charge on any atom is 0.534 e. The van der Waals surface area contributed by atoms with Gasteiger partial charge in [0.15, 0.2) is 28.1 Å². The Balaban J connectivity index is 1.37. The smallest absolute Gasteiger partial charge is 0.464 e. The lowest BCUT2D eigenvalue weighted by molar-refractivity contribution is -0.161. The predicted octanol–water partition coefficient (Wildman–Crippen LogP) is 4.66. The average molecular weight is 756 g/mol. The number of Topliss-reactive ketones (excluding diaryl/α,β-unsaturated/α-hetero) is 1. The van der Waals surface area contributed by atoms with Crippen LogP contribution in [0.25, 0.3) is 0 Å². The van der Waals surface area contributed by atoms with Gasteiger partial charge in [-0.25, -0.2) is 4.79 Å². The Kier molecular flexibility index (Phi) is 9.87. The minimum absolute atomic E-state index is 0.0170. The minimum atomic E-state index is -6.17. The van der Waals surface area contributed by atoms with E-state index in [4.69, 9.17) is 10.6 Å². The van der Waals surface area contributed by atoms with Crippen molar-refractivity contribution in [2.75, 3.05) is 12.8 Å². The molecule has 18 heteroatoms. The van der Waals surface area contributed by atoms with Gasteiger partial charge in [-0.3, -0.25) is 14.5 Å². The van der Waals surface area contributed by atoms with Crippen molar-refractivity contribution >= 4 is 50.2 Å². The van der Waals surface area contributed by atoms with E-state index in [2.05, 4.69) is 23.4 Å². The van der Waals surface area contributed by atoms with Gasteiger partial charge in [0.1, 0.15) is 0 Å². The summed E-state index contributed by atoms with van der Waals surface area (Å²) >= 11 is 0.795. The molecule has 0 spiro atoms. The molecular formula is C34H28F3N5O8S2. The molecule has 1 saturated heterocycles.